The maximum Gasteiger partial charge on any atom is 0.119 e. The van der Waals surface area contributed by atoms with Gasteiger partial charge >= 0.3 is 0 Å². The summed E-state index contributed by atoms with van der Waals surface area (Å²) in [4.78, 5) is 0. The molecular formula is C19H21N3O2. The summed E-state index contributed by atoms with van der Waals surface area (Å²) in [7, 11) is 3.32. The summed E-state index contributed by atoms with van der Waals surface area (Å²) >= 11 is 0. The second-order valence-corrected chi connectivity index (χ2v) is 5.40. The highest BCUT2D eigenvalue weighted by Gasteiger charge is 2.12. The van der Waals surface area contributed by atoms with Crippen LogP contribution in [0.1, 0.15) is 5.69 Å². The number of aromatic nitrogens is 2. The number of nitrogens with two attached hydrogens (primary N) is 1. The van der Waals surface area contributed by atoms with Crippen molar-refractivity contribution in [1.29, 1.82) is 0 Å². The van der Waals surface area contributed by atoms with Crippen molar-refractivity contribution in [3.8, 4) is 28.4 Å². The van der Waals surface area contributed by atoms with Crippen molar-refractivity contribution in [2.75, 3.05) is 20.8 Å². The van der Waals surface area contributed by atoms with Crippen molar-refractivity contribution in [3.63, 3.8) is 0 Å². The Morgan fingerprint density at radius 3 is 2.38 bits per heavy atom. The summed E-state index contributed by atoms with van der Waals surface area (Å²) in [5, 5.41) is 4.71. The maximum atomic E-state index is 5.69. The molecule has 0 fully saturated rings. The van der Waals surface area contributed by atoms with Crippen molar-refractivity contribution in [2.24, 2.45) is 5.73 Å². The summed E-state index contributed by atoms with van der Waals surface area (Å²) < 4.78 is 12.5. The molecule has 5 nitrogen and oxygen atoms in total. The molecule has 2 aromatic carbocycles. The van der Waals surface area contributed by atoms with Crippen LogP contribution in [-0.2, 0) is 6.42 Å². The van der Waals surface area contributed by atoms with Crippen molar-refractivity contribution in [1.82, 2.24) is 9.78 Å². The Bertz CT molecular complexity index is 810. The summed E-state index contributed by atoms with van der Waals surface area (Å²) in [5.41, 5.74) is 9.67. The molecule has 0 spiro atoms. The van der Waals surface area contributed by atoms with Gasteiger partial charge in [-0.25, -0.2) is 4.68 Å². The van der Waals surface area contributed by atoms with Gasteiger partial charge in [-0.2, -0.15) is 5.10 Å². The fourth-order valence-electron chi connectivity index (χ4n) is 2.61. The monoisotopic (exact) mass is 323 g/mol. The number of ether oxygens (including phenoxy) is 2. The van der Waals surface area contributed by atoms with Crippen LogP contribution in [0, 0.1) is 0 Å². The van der Waals surface area contributed by atoms with E-state index in [1.54, 1.807) is 14.2 Å². The van der Waals surface area contributed by atoms with E-state index in [0.717, 1.165) is 40.6 Å². The molecule has 0 saturated carbocycles. The first-order chi connectivity index (χ1) is 11.7. The molecule has 0 bridgehead atoms. The summed E-state index contributed by atoms with van der Waals surface area (Å²) in [5.74, 6) is 1.63. The number of hydrogen-bond acceptors (Lipinski definition) is 4. The quantitative estimate of drug-likeness (QED) is 0.757. The first kappa shape index (κ1) is 16.1. The van der Waals surface area contributed by atoms with E-state index in [1.807, 2.05) is 53.2 Å². The van der Waals surface area contributed by atoms with E-state index in [0.29, 0.717) is 6.54 Å². The molecule has 1 heterocycles. The molecule has 0 aliphatic heterocycles. The van der Waals surface area contributed by atoms with Gasteiger partial charge in [0.05, 0.1) is 31.3 Å². The molecule has 0 atom stereocenters. The molecular weight excluding hydrogens is 302 g/mol. The van der Waals surface area contributed by atoms with Crippen LogP contribution in [-0.4, -0.2) is 30.5 Å². The van der Waals surface area contributed by atoms with Gasteiger partial charge in [-0.1, -0.05) is 12.1 Å². The lowest BCUT2D eigenvalue weighted by Crippen LogP contribution is -2.04. The lowest BCUT2D eigenvalue weighted by molar-refractivity contribution is 0.414. The van der Waals surface area contributed by atoms with Crippen LogP contribution < -0.4 is 15.2 Å². The van der Waals surface area contributed by atoms with Gasteiger partial charge in [0.1, 0.15) is 11.5 Å². The van der Waals surface area contributed by atoms with Crippen molar-refractivity contribution in [2.45, 2.75) is 6.42 Å². The molecule has 3 rings (SSSR count). The van der Waals surface area contributed by atoms with Gasteiger partial charge in [-0.15, -0.1) is 0 Å². The Hall–Kier alpha value is -2.79. The van der Waals surface area contributed by atoms with Gasteiger partial charge in [0.2, 0.25) is 0 Å². The van der Waals surface area contributed by atoms with E-state index in [4.69, 9.17) is 20.3 Å². The minimum Gasteiger partial charge on any atom is -0.497 e. The van der Waals surface area contributed by atoms with Crippen LogP contribution in [0.5, 0.6) is 11.5 Å². The second kappa shape index (κ2) is 7.19. The lowest BCUT2D eigenvalue weighted by atomic mass is 10.1. The molecule has 0 saturated heterocycles. The molecule has 5 heteroatoms. The molecule has 0 aliphatic rings. The van der Waals surface area contributed by atoms with Crippen LogP contribution in [0.2, 0.25) is 0 Å². The molecule has 0 aliphatic carbocycles. The van der Waals surface area contributed by atoms with E-state index in [1.165, 1.54) is 0 Å². The highest BCUT2D eigenvalue weighted by Crippen LogP contribution is 2.28. The smallest absolute Gasteiger partial charge is 0.119 e. The van der Waals surface area contributed by atoms with E-state index in [9.17, 15) is 0 Å². The van der Waals surface area contributed by atoms with E-state index >= 15 is 0 Å². The Balaban J connectivity index is 2.09. The summed E-state index contributed by atoms with van der Waals surface area (Å²) in [6.45, 7) is 0.567. The molecule has 24 heavy (non-hydrogen) atoms. The van der Waals surface area contributed by atoms with Crippen molar-refractivity contribution in [3.05, 3.63) is 60.3 Å². The summed E-state index contributed by atoms with van der Waals surface area (Å²) in [6.07, 6.45) is 0.736. The molecule has 1 aromatic heterocycles. The van der Waals surface area contributed by atoms with Crippen LogP contribution in [0.3, 0.4) is 0 Å². The van der Waals surface area contributed by atoms with Gasteiger partial charge in [0.15, 0.2) is 0 Å². The Morgan fingerprint density at radius 1 is 0.958 bits per heavy atom. The minimum atomic E-state index is 0.567. The third-order valence-electron chi connectivity index (χ3n) is 3.84. The highest BCUT2D eigenvalue weighted by molar-refractivity contribution is 5.64. The predicted octanol–water partition coefficient (Wildman–Crippen LogP) is 3.06. The Morgan fingerprint density at radius 2 is 1.71 bits per heavy atom. The molecule has 2 N–H and O–H groups in total. The number of nitrogens with zero attached hydrogens (tertiary/aromatic N) is 2. The second-order valence-electron chi connectivity index (χ2n) is 5.40. The van der Waals surface area contributed by atoms with Crippen molar-refractivity contribution < 1.29 is 9.47 Å². The third-order valence-corrected chi connectivity index (χ3v) is 3.84. The molecule has 0 amide bonds. The zero-order valence-electron chi connectivity index (χ0n) is 13.9. The van der Waals surface area contributed by atoms with Gasteiger partial charge in [0, 0.05) is 12.0 Å². The van der Waals surface area contributed by atoms with Crippen LogP contribution >= 0.6 is 0 Å². The van der Waals surface area contributed by atoms with E-state index < -0.39 is 0 Å². The van der Waals surface area contributed by atoms with Crippen molar-refractivity contribution >= 4 is 0 Å². The highest BCUT2D eigenvalue weighted by atomic mass is 16.5. The van der Waals surface area contributed by atoms with Gasteiger partial charge in [-0.3, -0.25) is 0 Å². The first-order valence-electron chi connectivity index (χ1n) is 7.83. The molecule has 124 valence electrons. The van der Waals surface area contributed by atoms with Crippen LogP contribution in [0.4, 0.5) is 0 Å². The first-order valence-corrected chi connectivity index (χ1v) is 7.83. The van der Waals surface area contributed by atoms with Crippen LogP contribution in [0.15, 0.2) is 54.6 Å². The number of hydrogen-bond donors (Lipinski definition) is 1. The normalized spacial score (nSPS) is 10.6. The van der Waals surface area contributed by atoms with E-state index in [-0.39, 0.29) is 0 Å². The van der Waals surface area contributed by atoms with Crippen LogP contribution in [0.25, 0.3) is 16.9 Å². The fourth-order valence-corrected chi connectivity index (χ4v) is 2.61. The standard InChI is InChI=1S/C19H21N3O2/c1-23-17-8-6-16(7-9-17)22-19(13-15(21-22)10-11-20)14-4-3-5-18(12-14)24-2/h3-9,12-13H,10-11,20H2,1-2H3. The average molecular weight is 323 g/mol. The summed E-state index contributed by atoms with van der Waals surface area (Å²) in [6, 6.07) is 17.9. The Labute approximate surface area is 141 Å². The zero-order chi connectivity index (χ0) is 16.9. The largest absolute Gasteiger partial charge is 0.497 e. The molecule has 0 radical (unpaired) electrons. The number of methoxy groups -OCH3 is 2. The fraction of sp³-hybridized carbons (Fsp3) is 0.211. The topological polar surface area (TPSA) is 62.3 Å². The molecule has 0 unspecified atom stereocenters. The zero-order valence-corrected chi connectivity index (χ0v) is 13.9. The predicted molar refractivity (Wildman–Crippen MR) is 94.9 cm³/mol. The van der Waals surface area contributed by atoms with E-state index in [2.05, 4.69) is 6.07 Å². The number of rotatable bonds is 6. The van der Waals surface area contributed by atoms with Gasteiger partial charge in [-0.05, 0) is 49.0 Å². The SMILES string of the molecule is COc1ccc(-n2nc(CCN)cc2-c2cccc(OC)c2)cc1. The Kier molecular flexibility index (Phi) is 4.82. The molecule has 3 aromatic rings. The van der Waals surface area contributed by atoms with Gasteiger partial charge in [0.25, 0.3) is 0 Å². The number of benzene rings is 2. The van der Waals surface area contributed by atoms with Gasteiger partial charge < -0.3 is 15.2 Å². The average Bonchev–Trinajstić information content (AvgIpc) is 3.06. The third kappa shape index (κ3) is 3.26. The lowest BCUT2D eigenvalue weighted by Gasteiger charge is -2.09. The minimum absolute atomic E-state index is 0.567. The maximum absolute atomic E-state index is 5.69.